The van der Waals surface area contributed by atoms with E-state index in [1.54, 1.807) is 0 Å². The van der Waals surface area contributed by atoms with Gasteiger partial charge in [0.05, 0.1) is 16.2 Å². The van der Waals surface area contributed by atoms with E-state index in [0.717, 1.165) is 27.2 Å². The van der Waals surface area contributed by atoms with Crippen molar-refractivity contribution in [2.45, 2.75) is 0 Å². The van der Waals surface area contributed by atoms with Crippen molar-refractivity contribution in [1.82, 2.24) is 4.98 Å². The molecule has 0 spiro atoms. The molecule has 0 unspecified atom stereocenters. The van der Waals surface area contributed by atoms with Gasteiger partial charge in [-0.2, -0.15) is 0 Å². The summed E-state index contributed by atoms with van der Waals surface area (Å²) in [6, 6.07) is 19.9. The highest BCUT2D eigenvalue weighted by atomic mass is 35.5. The van der Waals surface area contributed by atoms with Gasteiger partial charge in [-0.3, -0.25) is 0 Å². The van der Waals surface area contributed by atoms with Crippen LogP contribution in [0.5, 0.6) is 0 Å². The van der Waals surface area contributed by atoms with Gasteiger partial charge < -0.3 is 0 Å². The molecule has 0 amide bonds. The fourth-order valence-electron chi connectivity index (χ4n) is 1.98. The van der Waals surface area contributed by atoms with E-state index in [-0.39, 0.29) is 0 Å². The zero-order valence-corrected chi connectivity index (χ0v) is 11.0. The predicted octanol–water partition coefficient (Wildman–Crippen LogP) is 5.06. The predicted molar refractivity (Wildman–Crippen MR) is 82.1 cm³/mol. The number of fused-ring (bicyclic) bond motifs is 1. The van der Waals surface area contributed by atoms with Crippen LogP contribution in [-0.4, -0.2) is 4.98 Å². The van der Waals surface area contributed by atoms with Crippen molar-refractivity contribution in [3.63, 3.8) is 0 Å². The molecule has 1 heterocycles. The fourth-order valence-corrected chi connectivity index (χ4v) is 2.25. The van der Waals surface area contributed by atoms with Gasteiger partial charge in [0.15, 0.2) is 0 Å². The Bertz CT molecular complexity index is 733. The largest absolute Gasteiger partial charge is 0.248 e. The van der Waals surface area contributed by atoms with E-state index in [4.69, 9.17) is 11.6 Å². The Morgan fingerprint density at radius 2 is 1.58 bits per heavy atom. The molecule has 0 bridgehead atoms. The van der Waals surface area contributed by atoms with E-state index in [9.17, 15) is 0 Å². The van der Waals surface area contributed by atoms with E-state index >= 15 is 0 Å². The lowest BCUT2D eigenvalue weighted by molar-refractivity contribution is 1.37. The van der Waals surface area contributed by atoms with E-state index in [1.807, 2.05) is 60.7 Å². The first kappa shape index (κ1) is 11.9. The van der Waals surface area contributed by atoms with Crippen molar-refractivity contribution < 1.29 is 0 Å². The van der Waals surface area contributed by atoms with Gasteiger partial charge in [-0.15, -0.1) is 0 Å². The number of benzene rings is 2. The highest BCUT2D eigenvalue weighted by Crippen LogP contribution is 2.23. The van der Waals surface area contributed by atoms with Crippen LogP contribution in [0.4, 0.5) is 0 Å². The third-order valence-electron chi connectivity index (χ3n) is 2.93. The monoisotopic (exact) mass is 265 g/mol. The van der Waals surface area contributed by atoms with Gasteiger partial charge in [-0.05, 0) is 23.8 Å². The first-order valence-electron chi connectivity index (χ1n) is 6.11. The van der Waals surface area contributed by atoms with Crippen LogP contribution in [0, 0.1) is 0 Å². The van der Waals surface area contributed by atoms with E-state index in [1.165, 1.54) is 0 Å². The summed E-state index contributed by atoms with van der Waals surface area (Å²) in [5.74, 6) is 0. The standard InChI is InChI=1S/C17H12ClN/c18-16-12-14(11-10-13-6-2-1-3-7-13)19-17-9-5-4-8-15(16)17/h1-12H/b11-10+. The molecule has 0 aliphatic heterocycles. The highest BCUT2D eigenvalue weighted by molar-refractivity contribution is 6.35. The van der Waals surface area contributed by atoms with Crippen molar-refractivity contribution in [3.05, 3.63) is 76.9 Å². The maximum Gasteiger partial charge on any atom is 0.0724 e. The quantitative estimate of drug-likeness (QED) is 0.631. The summed E-state index contributed by atoms with van der Waals surface area (Å²) in [4.78, 5) is 4.58. The van der Waals surface area contributed by atoms with Crippen molar-refractivity contribution >= 4 is 34.7 Å². The van der Waals surface area contributed by atoms with Gasteiger partial charge in [-0.1, -0.05) is 66.2 Å². The topological polar surface area (TPSA) is 12.9 Å². The summed E-state index contributed by atoms with van der Waals surface area (Å²) in [6.07, 6.45) is 4.01. The number of pyridine rings is 1. The second-order valence-corrected chi connectivity index (χ2v) is 4.70. The summed E-state index contributed by atoms with van der Waals surface area (Å²) < 4.78 is 0. The molecule has 19 heavy (non-hydrogen) atoms. The van der Waals surface area contributed by atoms with Crippen LogP contribution in [0.2, 0.25) is 5.02 Å². The Morgan fingerprint density at radius 1 is 0.842 bits per heavy atom. The van der Waals surface area contributed by atoms with Crippen LogP contribution < -0.4 is 0 Å². The number of hydrogen-bond acceptors (Lipinski definition) is 1. The molecular weight excluding hydrogens is 254 g/mol. The summed E-state index contributed by atoms with van der Waals surface area (Å²) in [6.45, 7) is 0. The maximum atomic E-state index is 6.27. The molecule has 0 aliphatic carbocycles. The number of nitrogens with zero attached hydrogens (tertiary/aromatic N) is 1. The second kappa shape index (κ2) is 5.25. The molecule has 1 nitrogen and oxygen atoms in total. The number of para-hydroxylation sites is 1. The normalized spacial score (nSPS) is 11.2. The number of rotatable bonds is 2. The van der Waals surface area contributed by atoms with Gasteiger partial charge in [0.2, 0.25) is 0 Å². The van der Waals surface area contributed by atoms with Crippen LogP contribution in [0.3, 0.4) is 0 Å². The van der Waals surface area contributed by atoms with E-state index < -0.39 is 0 Å². The first-order valence-corrected chi connectivity index (χ1v) is 6.49. The van der Waals surface area contributed by atoms with Gasteiger partial charge in [0.25, 0.3) is 0 Å². The summed E-state index contributed by atoms with van der Waals surface area (Å²) in [7, 11) is 0. The Labute approximate surface area is 117 Å². The molecule has 2 heteroatoms. The zero-order chi connectivity index (χ0) is 13.1. The molecule has 0 fully saturated rings. The number of halogens is 1. The first-order chi connectivity index (χ1) is 9.33. The van der Waals surface area contributed by atoms with Crippen LogP contribution >= 0.6 is 11.6 Å². The minimum Gasteiger partial charge on any atom is -0.248 e. The molecule has 1 aromatic heterocycles. The Kier molecular flexibility index (Phi) is 3.30. The van der Waals surface area contributed by atoms with Gasteiger partial charge in [0.1, 0.15) is 0 Å². The summed E-state index contributed by atoms with van der Waals surface area (Å²) in [5.41, 5.74) is 2.93. The molecule has 0 N–H and O–H groups in total. The average Bonchev–Trinajstić information content (AvgIpc) is 2.46. The van der Waals surface area contributed by atoms with Crippen molar-refractivity contribution in [2.24, 2.45) is 0 Å². The zero-order valence-electron chi connectivity index (χ0n) is 10.3. The minimum atomic E-state index is 0.735. The fraction of sp³-hybridized carbons (Fsp3) is 0. The Hall–Kier alpha value is -2.12. The lowest BCUT2D eigenvalue weighted by Crippen LogP contribution is -1.84. The highest BCUT2D eigenvalue weighted by Gasteiger charge is 2.01. The lowest BCUT2D eigenvalue weighted by atomic mass is 10.1. The lowest BCUT2D eigenvalue weighted by Gasteiger charge is -2.01. The molecule has 0 saturated carbocycles. The molecule has 0 saturated heterocycles. The van der Waals surface area contributed by atoms with Gasteiger partial charge in [0, 0.05) is 5.39 Å². The summed E-state index contributed by atoms with van der Waals surface area (Å²) >= 11 is 6.27. The third-order valence-corrected chi connectivity index (χ3v) is 3.24. The smallest absolute Gasteiger partial charge is 0.0724 e. The van der Waals surface area contributed by atoms with Crippen molar-refractivity contribution in [3.8, 4) is 0 Å². The van der Waals surface area contributed by atoms with Gasteiger partial charge >= 0.3 is 0 Å². The minimum absolute atomic E-state index is 0.735. The molecule has 2 aromatic carbocycles. The van der Waals surface area contributed by atoms with Crippen LogP contribution in [-0.2, 0) is 0 Å². The molecule has 0 atom stereocenters. The van der Waals surface area contributed by atoms with Crippen molar-refractivity contribution in [1.29, 1.82) is 0 Å². The molecule has 3 aromatic rings. The van der Waals surface area contributed by atoms with E-state index in [0.29, 0.717) is 0 Å². The molecule has 92 valence electrons. The summed E-state index contributed by atoms with van der Waals surface area (Å²) in [5, 5.41) is 1.72. The maximum absolute atomic E-state index is 6.27. The number of hydrogen-bond donors (Lipinski definition) is 0. The molecule has 3 rings (SSSR count). The van der Waals surface area contributed by atoms with Crippen LogP contribution in [0.1, 0.15) is 11.3 Å². The molecule has 0 aliphatic rings. The average molecular weight is 266 g/mol. The molecular formula is C17H12ClN. The van der Waals surface area contributed by atoms with Crippen LogP contribution in [0.25, 0.3) is 23.1 Å². The SMILES string of the molecule is Clc1cc(/C=C/c2ccccc2)nc2ccccc12. The van der Waals surface area contributed by atoms with E-state index in [2.05, 4.69) is 17.1 Å². The van der Waals surface area contributed by atoms with Crippen molar-refractivity contribution in [2.75, 3.05) is 0 Å². The Morgan fingerprint density at radius 3 is 2.42 bits per heavy atom. The Balaban J connectivity index is 2.00. The second-order valence-electron chi connectivity index (χ2n) is 4.29. The number of aromatic nitrogens is 1. The molecule has 0 radical (unpaired) electrons. The van der Waals surface area contributed by atoms with Crippen LogP contribution in [0.15, 0.2) is 60.7 Å². The van der Waals surface area contributed by atoms with Gasteiger partial charge in [-0.25, -0.2) is 4.98 Å². The third kappa shape index (κ3) is 2.67.